The Balaban J connectivity index is 2.66. The first-order chi connectivity index (χ1) is 7.13. The standard InChI is InChI=1S/C12H16BrNO/c1-9(2)5-6-15-11-3-4-12(13)10(7-11)8-14/h3-5,7H,6,8,14H2,1-2H3. The summed E-state index contributed by atoms with van der Waals surface area (Å²) in [6.07, 6.45) is 2.05. The van der Waals surface area contributed by atoms with E-state index in [2.05, 4.69) is 29.8 Å². The second-order valence-electron chi connectivity index (χ2n) is 3.55. The van der Waals surface area contributed by atoms with Crippen LogP contribution in [-0.2, 0) is 6.54 Å². The maximum absolute atomic E-state index is 5.60. The minimum atomic E-state index is 0.514. The normalized spacial score (nSPS) is 9.87. The summed E-state index contributed by atoms with van der Waals surface area (Å²) in [7, 11) is 0. The molecule has 3 heteroatoms. The van der Waals surface area contributed by atoms with Crippen LogP contribution in [0.25, 0.3) is 0 Å². The van der Waals surface area contributed by atoms with Crippen molar-refractivity contribution in [2.45, 2.75) is 20.4 Å². The zero-order chi connectivity index (χ0) is 11.3. The molecule has 2 nitrogen and oxygen atoms in total. The molecule has 0 radical (unpaired) electrons. The molecule has 0 unspecified atom stereocenters. The maximum atomic E-state index is 5.60. The van der Waals surface area contributed by atoms with E-state index < -0.39 is 0 Å². The van der Waals surface area contributed by atoms with Gasteiger partial charge in [0.15, 0.2) is 0 Å². The van der Waals surface area contributed by atoms with Gasteiger partial charge in [0.05, 0.1) is 0 Å². The summed E-state index contributed by atoms with van der Waals surface area (Å²) < 4.78 is 6.59. The summed E-state index contributed by atoms with van der Waals surface area (Å²) >= 11 is 3.43. The highest BCUT2D eigenvalue weighted by atomic mass is 79.9. The van der Waals surface area contributed by atoms with Crippen LogP contribution in [-0.4, -0.2) is 6.61 Å². The molecular weight excluding hydrogens is 254 g/mol. The van der Waals surface area contributed by atoms with Gasteiger partial charge in [-0.15, -0.1) is 0 Å². The largest absolute Gasteiger partial charge is 0.490 e. The number of ether oxygens (including phenoxy) is 1. The molecule has 0 atom stereocenters. The lowest BCUT2D eigenvalue weighted by molar-refractivity contribution is 0.361. The van der Waals surface area contributed by atoms with Crippen molar-refractivity contribution in [1.29, 1.82) is 0 Å². The van der Waals surface area contributed by atoms with Crippen molar-refractivity contribution >= 4 is 15.9 Å². The number of allylic oxidation sites excluding steroid dienone is 1. The minimum absolute atomic E-state index is 0.514. The molecule has 1 aromatic rings. The van der Waals surface area contributed by atoms with E-state index in [0.29, 0.717) is 13.2 Å². The highest BCUT2D eigenvalue weighted by Crippen LogP contribution is 2.22. The quantitative estimate of drug-likeness (QED) is 0.852. The number of hydrogen-bond donors (Lipinski definition) is 1. The van der Waals surface area contributed by atoms with Gasteiger partial charge in [0.25, 0.3) is 0 Å². The van der Waals surface area contributed by atoms with Crippen LogP contribution < -0.4 is 10.5 Å². The molecule has 0 saturated heterocycles. The zero-order valence-electron chi connectivity index (χ0n) is 9.09. The molecule has 0 amide bonds. The predicted octanol–water partition coefficient (Wildman–Crippen LogP) is 3.25. The van der Waals surface area contributed by atoms with Crippen molar-refractivity contribution in [1.82, 2.24) is 0 Å². The van der Waals surface area contributed by atoms with Gasteiger partial charge in [-0.1, -0.05) is 21.5 Å². The van der Waals surface area contributed by atoms with Gasteiger partial charge in [0.2, 0.25) is 0 Å². The predicted molar refractivity (Wildman–Crippen MR) is 67.0 cm³/mol. The fourth-order valence-electron chi connectivity index (χ4n) is 1.10. The number of rotatable bonds is 4. The molecule has 0 aromatic heterocycles. The molecule has 15 heavy (non-hydrogen) atoms. The van der Waals surface area contributed by atoms with E-state index in [1.54, 1.807) is 0 Å². The third-order valence-corrected chi connectivity index (χ3v) is 2.75. The molecule has 2 N–H and O–H groups in total. The molecule has 0 bridgehead atoms. The van der Waals surface area contributed by atoms with E-state index in [1.807, 2.05) is 24.3 Å². The Morgan fingerprint density at radius 2 is 2.20 bits per heavy atom. The Hall–Kier alpha value is -0.800. The first-order valence-electron chi connectivity index (χ1n) is 4.88. The summed E-state index contributed by atoms with van der Waals surface area (Å²) in [5, 5.41) is 0. The first kappa shape index (κ1) is 12.3. The fourth-order valence-corrected chi connectivity index (χ4v) is 1.51. The van der Waals surface area contributed by atoms with Crippen molar-refractivity contribution in [2.75, 3.05) is 6.61 Å². The first-order valence-corrected chi connectivity index (χ1v) is 5.67. The van der Waals surface area contributed by atoms with Gasteiger partial charge >= 0.3 is 0 Å². The molecule has 0 fully saturated rings. The van der Waals surface area contributed by atoms with Gasteiger partial charge in [0.1, 0.15) is 12.4 Å². The summed E-state index contributed by atoms with van der Waals surface area (Å²) in [5.74, 6) is 0.858. The van der Waals surface area contributed by atoms with E-state index in [9.17, 15) is 0 Å². The minimum Gasteiger partial charge on any atom is -0.490 e. The van der Waals surface area contributed by atoms with Crippen LogP contribution >= 0.6 is 15.9 Å². The van der Waals surface area contributed by atoms with E-state index in [-0.39, 0.29) is 0 Å². The van der Waals surface area contributed by atoms with Crippen LogP contribution in [0.1, 0.15) is 19.4 Å². The lowest BCUT2D eigenvalue weighted by Gasteiger charge is -2.07. The molecule has 1 rings (SSSR count). The molecular formula is C12H16BrNO. The third-order valence-electron chi connectivity index (χ3n) is 1.98. The van der Waals surface area contributed by atoms with Crippen LogP contribution in [0.2, 0.25) is 0 Å². The van der Waals surface area contributed by atoms with E-state index in [0.717, 1.165) is 15.8 Å². The van der Waals surface area contributed by atoms with Gasteiger partial charge < -0.3 is 10.5 Å². The van der Waals surface area contributed by atoms with Crippen LogP contribution in [0.4, 0.5) is 0 Å². The van der Waals surface area contributed by atoms with Crippen LogP contribution in [0.5, 0.6) is 5.75 Å². The molecule has 0 heterocycles. The van der Waals surface area contributed by atoms with Gasteiger partial charge in [0, 0.05) is 11.0 Å². The van der Waals surface area contributed by atoms with Gasteiger partial charge in [-0.3, -0.25) is 0 Å². The van der Waals surface area contributed by atoms with Crippen molar-refractivity contribution in [2.24, 2.45) is 5.73 Å². The Bertz CT molecular complexity index is 357. The Kier molecular flexibility index (Phi) is 4.85. The lowest BCUT2D eigenvalue weighted by atomic mass is 10.2. The van der Waals surface area contributed by atoms with Crippen molar-refractivity contribution in [3.63, 3.8) is 0 Å². The highest BCUT2D eigenvalue weighted by molar-refractivity contribution is 9.10. The zero-order valence-corrected chi connectivity index (χ0v) is 10.7. The number of benzene rings is 1. The van der Waals surface area contributed by atoms with Gasteiger partial charge in [-0.25, -0.2) is 0 Å². The SMILES string of the molecule is CC(C)=CCOc1ccc(Br)c(CN)c1. The highest BCUT2D eigenvalue weighted by Gasteiger charge is 1.99. The fraction of sp³-hybridized carbons (Fsp3) is 0.333. The monoisotopic (exact) mass is 269 g/mol. The molecule has 0 spiro atoms. The lowest BCUT2D eigenvalue weighted by Crippen LogP contribution is -1.99. The average Bonchev–Trinajstić information content (AvgIpc) is 2.20. The summed E-state index contributed by atoms with van der Waals surface area (Å²) in [6, 6.07) is 5.85. The average molecular weight is 270 g/mol. The van der Waals surface area contributed by atoms with Crippen LogP contribution in [0.15, 0.2) is 34.3 Å². The molecule has 0 aliphatic heterocycles. The molecule has 0 saturated carbocycles. The topological polar surface area (TPSA) is 35.2 Å². The molecule has 1 aromatic carbocycles. The molecule has 0 aliphatic rings. The second kappa shape index (κ2) is 5.93. The number of hydrogen-bond acceptors (Lipinski definition) is 2. The van der Waals surface area contributed by atoms with Gasteiger partial charge in [-0.2, -0.15) is 0 Å². The summed E-state index contributed by atoms with van der Waals surface area (Å²) in [6.45, 7) is 5.22. The van der Waals surface area contributed by atoms with E-state index in [4.69, 9.17) is 10.5 Å². The van der Waals surface area contributed by atoms with Crippen molar-refractivity contribution in [3.05, 3.63) is 39.9 Å². The van der Waals surface area contributed by atoms with Gasteiger partial charge in [-0.05, 0) is 43.7 Å². The van der Waals surface area contributed by atoms with Crippen LogP contribution in [0, 0.1) is 0 Å². The third kappa shape index (κ3) is 4.06. The number of halogens is 1. The summed E-state index contributed by atoms with van der Waals surface area (Å²) in [5.41, 5.74) is 7.91. The Morgan fingerprint density at radius 1 is 1.47 bits per heavy atom. The second-order valence-corrected chi connectivity index (χ2v) is 4.40. The van der Waals surface area contributed by atoms with E-state index in [1.165, 1.54) is 5.57 Å². The number of nitrogens with two attached hydrogens (primary N) is 1. The molecule has 82 valence electrons. The van der Waals surface area contributed by atoms with Crippen molar-refractivity contribution < 1.29 is 4.74 Å². The smallest absolute Gasteiger partial charge is 0.120 e. The van der Waals surface area contributed by atoms with Crippen LogP contribution in [0.3, 0.4) is 0 Å². The molecule has 0 aliphatic carbocycles. The summed E-state index contributed by atoms with van der Waals surface area (Å²) in [4.78, 5) is 0. The Labute approximate surface area is 99.3 Å². The van der Waals surface area contributed by atoms with Crippen molar-refractivity contribution in [3.8, 4) is 5.75 Å². The Morgan fingerprint density at radius 3 is 2.80 bits per heavy atom. The van der Waals surface area contributed by atoms with E-state index >= 15 is 0 Å². The maximum Gasteiger partial charge on any atom is 0.120 e.